The second kappa shape index (κ2) is 8.84. The van der Waals surface area contributed by atoms with Crippen LogP contribution in [0.5, 0.6) is 0 Å². The zero-order chi connectivity index (χ0) is 22.9. The van der Waals surface area contributed by atoms with Crippen molar-refractivity contribution in [2.24, 2.45) is 11.1 Å². The molecule has 0 unspecified atom stereocenters. The molecule has 0 atom stereocenters. The van der Waals surface area contributed by atoms with E-state index in [0.29, 0.717) is 5.95 Å². The van der Waals surface area contributed by atoms with Crippen molar-refractivity contribution in [2.75, 3.05) is 37.8 Å². The van der Waals surface area contributed by atoms with Gasteiger partial charge in [-0.1, -0.05) is 12.6 Å². The van der Waals surface area contributed by atoms with Gasteiger partial charge in [0, 0.05) is 43.3 Å². The molecule has 8 nitrogen and oxygen atoms in total. The maximum absolute atomic E-state index is 14.3. The first-order valence-corrected chi connectivity index (χ1v) is 10.8. The fourth-order valence-corrected chi connectivity index (χ4v) is 4.89. The summed E-state index contributed by atoms with van der Waals surface area (Å²) >= 11 is 0. The summed E-state index contributed by atoms with van der Waals surface area (Å²) in [6.07, 6.45) is 4.35. The number of nitrogens with zero attached hydrogens (tertiary/aromatic N) is 4. The highest BCUT2D eigenvalue weighted by molar-refractivity contribution is 5.87. The molecule has 3 aliphatic rings. The summed E-state index contributed by atoms with van der Waals surface area (Å²) in [6.45, 7) is 6.91. The highest BCUT2D eigenvalue weighted by Crippen LogP contribution is 2.49. The number of hydrogen-bond donors (Lipinski definition) is 3. The molecule has 1 saturated heterocycles. The molecule has 5 rings (SSSR count). The number of carbonyl (C=O) groups is 1. The molecule has 1 saturated carbocycles. The predicted octanol–water partition coefficient (Wildman–Crippen LogP) is 2.47. The number of nitrogens with one attached hydrogen (secondary N) is 2. The van der Waals surface area contributed by atoms with Gasteiger partial charge < -0.3 is 21.3 Å². The molecule has 2 aromatic rings. The van der Waals surface area contributed by atoms with Crippen LogP contribution in [0.2, 0.25) is 0 Å². The molecule has 2 aliphatic heterocycles. The van der Waals surface area contributed by atoms with E-state index in [1.54, 1.807) is 4.90 Å². The normalized spacial score (nSPS) is 18.7. The van der Waals surface area contributed by atoms with Gasteiger partial charge in [-0.05, 0) is 56.3 Å². The maximum atomic E-state index is 14.3. The maximum Gasteiger partial charge on any atom is 0.245 e. The van der Waals surface area contributed by atoms with Crippen molar-refractivity contribution in [2.45, 2.75) is 32.0 Å². The molecule has 170 valence electrons. The van der Waals surface area contributed by atoms with E-state index in [1.807, 2.05) is 6.07 Å². The monoisotopic (exact) mass is 439 g/mol. The van der Waals surface area contributed by atoms with Gasteiger partial charge in [-0.25, -0.2) is 9.37 Å². The Kier molecular flexibility index (Phi) is 6.12. The number of benzene rings is 1. The van der Waals surface area contributed by atoms with Crippen LogP contribution in [0.1, 0.15) is 24.0 Å². The highest BCUT2D eigenvalue weighted by atomic mass is 19.1. The van der Waals surface area contributed by atoms with Crippen LogP contribution in [0.3, 0.4) is 0 Å². The smallest absolute Gasteiger partial charge is 0.245 e. The van der Waals surface area contributed by atoms with Crippen molar-refractivity contribution in [1.29, 1.82) is 0 Å². The number of halogens is 1. The summed E-state index contributed by atoms with van der Waals surface area (Å²) < 4.78 is 14.3. The quantitative estimate of drug-likeness (QED) is 0.616. The first-order chi connectivity index (χ1) is 15.4. The van der Waals surface area contributed by atoms with Crippen LogP contribution in [0.4, 0.5) is 21.8 Å². The van der Waals surface area contributed by atoms with E-state index in [1.165, 1.54) is 30.4 Å². The number of aromatic nitrogens is 2. The third-order valence-electron chi connectivity index (χ3n) is 6.33. The molecule has 1 aromatic carbocycles. The summed E-state index contributed by atoms with van der Waals surface area (Å²) in [6, 6.07) is 6.36. The number of amides is 1. The molecule has 1 spiro atoms. The van der Waals surface area contributed by atoms with Crippen molar-refractivity contribution in [3.63, 3.8) is 0 Å². The lowest BCUT2D eigenvalue weighted by atomic mass is 9.60. The van der Waals surface area contributed by atoms with E-state index in [2.05, 4.69) is 57.0 Å². The van der Waals surface area contributed by atoms with Gasteiger partial charge in [0.05, 0.1) is 6.20 Å². The summed E-state index contributed by atoms with van der Waals surface area (Å²) in [5.74, 6) is 0.0965. The van der Waals surface area contributed by atoms with E-state index in [9.17, 15) is 9.18 Å². The van der Waals surface area contributed by atoms with Gasteiger partial charge in [-0.2, -0.15) is 4.98 Å². The Morgan fingerprint density at radius 2 is 2.00 bits per heavy atom. The lowest BCUT2D eigenvalue weighted by Crippen LogP contribution is -2.65. The zero-order valence-electron chi connectivity index (χ0n) is 18.6. The largest absolute Gasteiger partial charge is 0.365 e. The first-order valence-electron chi connectivity index (χ1n) is 10.8. The second-order valence-corrected chi connectivity index (χ2v) is 8.82. The molecule has 32 heavy (non-hydrogen) atoms. The highest BCUT2D eigenvalue weighted by Gasteiger charge is 2.53. The van der Waals surface area contributed by atoms with Crippen molar-refractivity contribution in [3.8, 4) is 0 Å². The zero-order valence-corrected chi connectivity index (χ0v) is 18.6. The molecule has 2 fully saturated rings. The van der Waals surface area contributed by atoms with Crippen LogP contribution in [-0.4, -0.2) is 58.9 Å². The van der Waals surface area contributed by atoms with Gasteiger partial charge in [-0.15, -0.1) is 0 Å². The SMILES string of the molecule is C=CC(=O)N1CC2(CC(Nc3nc(Nc4ccc5c(c4)CN(C)C5)ncc3F)C2)C1.CN. The minimum absolute atomic E-state index is 0.0206. The van der Waals surface area contributed by atoms with Gasteiger partial charge in [0.15, 0.2) is 11.6 Å². The Balaban J connectivity index is 0.00000119. The fraction of sp³-hybridized carbons (Fsp3) is 0.435. The number of fused-ring (bicyclic) bond motifs is 1. The lowest BCUT2D eigenvalue weighted by Gasteiger charge is -2.59. The minimum atomic E-state index is -0.464. The number of likely N-dealkylation sites (tertiary alicyclic amines) is 1. The molecule has 1 aliphatic carbocycles. The number of nitrogens with two attached hydrogens (primary N) is 1. The van der Waals surface area contributed by atoms with Crippen molar-refractivity contribution in [3.05, 3.63) is 54.0 Å². The summed E-state index contributed by atoms with van der Waals surface area (Å²) in [5.41, 5.74) is 8.17. The number of carbonyl (C=O) groups excluding carboxylic acids is 1. The molecule has 4 N–H and O–H groups in total. The van der Waals surface area contributed by atoms with E-state index in [4.69, 9.17) is 0 Å². The van der Waals surface area contributed by atoms with Gasteiger partial charge in [0.2, 0.25) is 11.9 Å². The van der Waals surface area contributed by atoms with Crippen LogP contribution >= 0.6 is 0 Å². The predicted molar refractivity (Wildman–Crippen MR) is 123 cm³/mol. The Bertz CT molecular complexity index is 1010. The standard InChI is InChI=1S/C22H25FN6O.CH5N/c1-3-19(30)29-12-22(13-29)7-17(8-22)25-20-18(23)9-24-21(27-20)26-16-5-4-14-10-28(2)11-15(14)6-16;1-2/h3-6,9,17H,1,7-8,10-13H2,2H3,(H2,24,25,26,27);2H2,1H3. The van der Waals surface area contributed by atoms with E-state index >= 15 is 0 Å². The average Bonchev–Trinajstić information content (AvgIpc) is 3.11. The molecule has 9 heteroatoms. The van der Waals surface area contributed by atoms with Crippen molar-refractivity contribution >= 4 is 23.4 Å². The Morgan fingerprint density at radius 3 is 2.72 bits per heavy atom. The molecule has 3 heterocycles. The van der Waals surface area contributed by atoms with Crippen LogP contribution in [-0.2, 0) is 17.9 Å². The van der Waals surface area contributed by atoms with Gasteiger partial charge in [-0.3, -0.25) is 9.69 Å². The van der Waals surface area contributed by atoms with Crippen LogP contribution in [0, 0.1) is 11.2 Å². The van der Waals surface area contributed by atoms with Crippen LogP contribution < -0.4 is 16.4 Å². The van der Waals surface area contributed by atoms with E-state index in [-0.39, 0.29) is 23.2 Å². The van der Waals surface area contributed by atoms with Crippen LogP contribution in [0.25, 0.3) is 0 Å². The lowest BCUT2D eigenvalue weighted by molar-refractivity contribution is -0.144. The van der Waals surface area contributed by atoms with Gasteiger partial charge >= 0.3 is 0 Å². The van der Waals surface area contributed by atoms with E-state index < -0.39 is 5.82 Å². The Morgan fingerprint density at radius 1 is 1.28 bits per heavy atom. The van der Waals surface area contributed by atoms with Crippen molar-refractivity contribution in [1.82, 2.24) is 19.8 Å². The van der Waals surface area contributed by atoms with Crippen molar-refractivity contribution < 1.29 is 9.18 Å². The molecular formula is C23H30FN7O. The topological polar surface area (TPSA) is 99.4 Å². The number of rotatable bonds is 5. The second-order valence-electron chi connectivity index (χ2n) is 8.82. The average molecular weight is 440 g/mol. The van der Waals surface area contributed by atoms with Gasteiger partial charge in [0.25, 0.3) is 0 Å². The third-order valence-corrected chi connectivity index (χ3v) is 6.33. The van der Waals surface area contributed by atoms with Crippen LogP contribution in [0.15, 0.2) is 37.1 Å². The van der Waals surface area contributed by atoms with E-state index in [0.717, 1.165) is 44.7 Å². The number of anilines is 3. The Hall–Kier alpha value is -3.04. The molecule has 1 amide bonds. The summed E-state index contributed by atoms with van der Waals surface area (Å²) in [7, 11) is 3.59. The summed E-state index contributed by atoms with van der Waals surface area (Å²) in [5, 5.41) is 6.39. The number of hydrogen-bond acceptors (Lipinski definition) is 7. The minimum Gasteiger partial charge on any atom is -0.365 e. The molecular weight excluding hydrogens is 409 g/mol. The fourth-order valence-electron chi connectivity index (χ4n) is 4.89. The van der Waals surface area contributed by atoms with Gasteiger partial charge in [0.1, 0.15) is 0 Å². The molecule has 1 aromatic heterocycles. The third kappa shape index (κ3) is 4.31. The first kappa shape index (κ1) is 22.2. The Labute approximate surface area is 187 Å². The molecule has 0 bridgehead atoms. The summed E-state index contributed by atoms with van der Waals surface area (Å²) in [4.78, 5) is 24.1. The molecule has 0 radical (unpaired) electrons.